The van der Waals surface area contributed by atoms with Gasteiger partial charge in [0.2, 0.25) is 0 Å². The number of nitriles is 1. The normalized spacial score (nSPS) is 22.0. The minimum atomic E-state index is 0.158. The Bertz CT molecular complexity index is 882. The summed E-state index contributed by atoms with van der Waals surface area (Å²) in [4.78, 5) is 14.7. The van der Waals surface area contributed by atoms with E-state index in [2.05, 4.69) is 22.0 Å². The molecule has 4 rings (SSSR count). The largest absolute Gasteiger partial charge is 0.490 e. The molecule has 2 aromatic carbocycles. The fourth-order valence-corrected chi connectivity index (χ4v) is 4.35. The van der Waals surface area contributed by atoms with Gasteiger partial charge >= 0.3 is 0 Å². The van der Waals surface area contributed by atoms with Crippen molar-refractivity contribution in [2.24, 2.45) is 0 Å². The van der Waals surface area contributed by atoms with Gasteiger partial charge in [-0.3, -0.25) is 4.79 Å². The summed E-state index contributed by atoms with van der Waals surface area (Å²) in [5.41, 5.74) is 2.60. The Morgan fingerprint density at radius 2 is 1.88 bits per heavy atom. The fourth-order valence-electron chi connectivity index (χ4n) is 3.90. The summed E-state index contributed by atoms with van der Waals surface area (Å²) in [6, 6.07) is 15.8. The second-order valence-corrected chi connectivity index (χ2v) is 7.75. The van der Waals surface area contributed by atoms with Crippen molar-refractivity contribution in [3.63, 3.8) is 0 Å². The topological polar surface area (TPSA) is 53.3 Å². The van der Waals surface area contributed by atoms with Gasteiger partial charge in [-0.2, -0.15) is 5.26 Å². The average molecular weight is 411 g/mol. The summed E-state index contributed by atoms with van der Waals surface area (Å²) in [5, 5.41) is 9.00. The molecule has 0 spiro atoms. The van der Waals surface area contributed by atoms with Gasteiger partial charge in [0.25, 0.3) is 5.91 Å². The van der Waals surface area contributed by atoms with E-state index in [9.17, 15) is 4.79 Å². The first-order valence-electron chi connectivity index (χ1n) is 8.91. The van der Waals surface area contributed by atoms with E-state index in [-0.39, 0.29) is 12.0 Å². The molecule has 0 saturated heterocycles. The summed E-state index contributed by atoms with van der Waals surface area (Å²) < 4.78 is 6.85. The van der Waals surface area contributed by atoms with Crippen LogP contribution in [0.3, 0.4) is 0 Å². The van der Waals surface area contributed by atoms with Gasteiger partial charge in [-0.1, -0.05) is 18.2 Å². The fraction of sp³-hybridized carbons (Fsp3) is 0.333. The van der Waals surface area contributed by atoms with Gasteiger partial charge in [-0.15, -0.1) is 0 Å². The van der Waals surface area contributed by atoms with Gasteiger partial charge in [0.15, 0.2) is 0 Å². The lowest BCUT2D eigenvalue weighted by Crippen LogP contribution is -2.40. The third-order valence-electron chi connectivity index (χ3n) is 5.30. The third kappa shape index (κ3) is 3.22. The minimum Gasteiger partial charge on any atom is -0.490 e. The van der Waals surface area contributed by atoms with Crippen LogP contribution in [0.15, 0.2) is 46.9 Å². The van der Waals surface area contributed by atoms with E-state index < -0.39 is 0 Å². The van der Waals surface area contributed by atoms with E-state index in [0.717, 1.165) is 53.6 Å². The van der Waals surface area contributed by atoms with Crippen molar-refractivity contribution in [2.75, 3.05) is 0 Å². The minimum absolute atomic E-state index is 0.158. The molecule has 2 aliphatic rings. The molecule has 0 bridgehead atoms. The zero-order valence-corrected chi connectivity index (χ0v) is 15.9. The van der Waals surface area contributed by atoms with Crippen molar-refractivity contribution >= 4 is 21.8 Å². The van der Waals surface area contributed by atoms with Gasteiger partial charge in [0.1, 0.15) is 11.8 Å². The van der Waals surface area contributed by atoms with Crippen LogP contribution in [0.2, 0.25) is 0 Å². The third-order valence-corrected chi connectivity index (χ3v) is 5.95. The quantitative estimate of drug-likeness (QED) is 0.738. The van der Waals surface area contributed by atoms with Crippen LogP contribution >= 0.6 is 15.9 Å². The van der Waals surface area contributed by atoms with Crippen molar-refractivity contribution in [3.8, 4) is 11.8 Å². The lowest BCUT2D eigenvalue weighted by Gasteiger charge is -2.34. The molecule has 132 valence electrons. The maximum absolute atomic E-state index is 12.6. The van der Waals surface area contributed by atoms with E-state index in [4.69, 9.17) is 10.00 Å². The number of rotatable bonds is 3. The van der Waals surface area contributed by atoms with Crippen LogP contribution in [0.25, 0.3) is 0 Å². The maximum Gasteiger partial charge on any atom is 0.254 e. The number of carbonyl (C=O) groups is 1. The second kappa shape index (κ2) is 7.13. The van der Waals surface area contributed by atoms with Crippen LogP contribution in [-0.2, 0) is 6.54 Å². The summed E-state index contributed by atoms with van der Waals surface area (Å²) in [5.74, 6) is 0.949. The summed E-state index contributed by atoms with van der Waals surface area (Å²) in [6.07, 6.45) is 3.94. The maximum atomic E-state index is 12.6. The Labute approximate surface area is 161 Å². The van der Waals surface area contributed by atoms with Crippen LogP contribution in [0.1, 0.15) is 47.2 Å². The Balaban J connectivity index is 1.36. The predicted octanol–water partition coefficient (Wildman–Crippen LogP) is 4.67. The average Bonchev–Trinajstić information content (AvgIpc) is 3.00. The van der Waals surface area contributed by atoms with Crippen LogP contribution in [0, 0.1) is 11.3 Å². The van der Waals surface area contributed by atoms with Crippen LogP contribution in [-0.4, -0.2) is 23.0 Å². The SMILES string of the molecule is N#Cc1ccc(OC2CCC(N3Cc4ccccc4C3=O)CC2)cc1Br. The molecule has 4 nitrogen and oxygen atoms in total. The standard InChI is InChI=1S/C21H19BrN2O2/c22-20-11-18(8-5-14(20)12-23)26-17-9-6-16(7-10-17)24-13-15-3-1-2-4-19(15)21(24)25/h1-5,8,11,16-17H,6-7,9-10,13H2. The molecule has 1 heterocycles. The molecule has 1 fully saturated rings. The molecule has 0 radical (unpaired) electrons. The molecule has 0 aromatic heterocycles. The van der Waals surface area contributed by atoms with Gasteiger partial charge < -0.3 is 9.64 Å². The molecule has 0 unspecified atom stereocenters. The van der Waals surface area contributed by atoms with Gasteiger partial charge in [0.05, 0.1) is 11.7 Å². The van der Waals surface area contributed by atoms with Crippen LogP contribution in [0.5, 0.6) is 5.75 Å². The highest BCUT2D eigenvalue weighted by atomic mass is 79.9. The zero-order valence-electron chi connectivity index (χ0n) is 14.3. The van der Waals surface area contributed by atoms with E-state index in [0.29, 0.717) is 11.6 Å². The number of halogens is 1. The first kappa shape index (κ1) is 17.1. The first-order valence-corrected chi connectivity index (χ1v) is 9.70. The molecule has 1 aliphatic carbocycles. The Hall–Kier alpha value is -2.32. The number of carbonyl (C=O) groups excluding carboxylic acids is 1. The molecule has 1 amide bonds. The van der Waals surface area contributed by atoms with E-state index in [1.54, 1.807) is 6.07 Å². The van der Waals surface area contributed by atoms with Gasteiger partial charge in [-0.05, 0) is 71.4 Å². The monoisotopic (exact) mass is 410 g/mol. The molecule has 2 aromatic rings. The number of hydrogen-bond acceptors (Lipinski definition) is 3. The Morgan fingerprint density at radius 1 is 1.12 bits per heavy atom. The number of ether oxygens (including phenoxy) is 1. The number of amides is 1. The number of benzene rings is 2. The molecule has 5 heteroatoms. The smallest absolute Gasteiger partial charge is 0.254 e. The van der Waals surface area contributed by atoms with Gasteiger partial charge in [-0.25, -0.2) is 0 Å². The van der Waals surface area contributed by atoms with E-state index in [1.807, 2.05) is 41.3 Å². The van der Waals surface area contributed by atoms with Crippen LogP contribution in [0.4, 0.5) is 0 Å². The number of fused-ring (bicyclic) bond motifs is 1. The molecule has 0 atom stereocenters. The molecule has 1 aliphatic heterocycles. The van der Waals surface area contributed by atoms with Crippen molar-refractivity contribution in [1.82, 2.24) is 4.90 Å². The van der Waals surface area contributed by atoms with Gasteiger partial charge in [0, 0.05) is 22.6 Å². The predicted molar refractivity (Wildman–Crippen MR) is 102 cm³/mol. The lowest BCUT2D eigenvalue weighted by molar-refractivity contribution is 0.0561. The molecular formula is C21H19BrN2O2. The van der Waals surface area contributed by atoms with Crippen molar-refractivity contribution in [1.29, 1.82) is 5.26 Å². The molecule has 0 N–H and O–H groups in total. The van der Waals surface area contributed by atoms with Crippen molar-refractivity contribution < 1.29 is 9.53 Å². The Morgan fingerprint density at radius 3 is 2.58 bits per heavy atom. The van der Waals surface area contributed by atoms with Crippen LogP contribution < -0.4 is 4.74 Å². The highest BCUT2D eigenvalue weighted by molar-refractivity contribution is 9.10. The number of nitrogens with zero attached hydrogens (tertiary/aromatic N) is 2. The highest BCUT2D eigenvalue weighted by Crippen LogP contribution is 2.33. The van der Waals surface area contributed by atoms with Crippen molar-refractivity contribution in [3.05, 3.63) is 63.6 Å². The van der Waals surface area contributed by atoms with E-state index in [1.165, 1.54) is 0 Å². The molecular weight excluding hydrogens is 392 g/mol. The summed E-state index contributed by atoms with van der Waals surface area (Å²) in [7, 11) is 0. The first-order chi connectivity index (χ1) is 12.7. The second-order valence-electron chi connectivity index (χ2n) is 6.89. The lowest BCUT2D eigenvalue weighted by atomic mass is 9.92. The van der Waals surface area contributed by atoms with Crippen molar-refractivity contribution in [2.45, 2.75) is 44.4 Å². The highest BCUT2D eigenvalue weighted by Gasteiger charge is 2.35. The Kier molecular flexibility index (Phi) is 4.69. The number of hydrogen-bond donors (Lipinski definition) is 0. The summed E-state index contributed by atoms with van der Waals surface area (Å²) >= 11 is 3.40. The summed E-state index contributed by atoms with van der Waals surface area (Å²) in [6.45, 7) is 0.730. The van der Waals surface area contributed by atoms with E-state index >= 15 is 0 Å². The zero-order chi connectivity index (χ0) is 18.1. The molecule has 26 heavy (non-hydrogen) atoms. The molecule has 1 saturated carbocycles.